The summed E-state index contributed by atoms with van der Waals surface area (Å²) in [6.07, 6.45) is 4.21. The molecule has 1 aromatic heterocycles. The highest BCUT2D eigenvalue weighted by Gasteiger charge is 2.33. The highest BCUT2D eigenvalue weighted by atomic mass is 16.4. The Balaban J connectivity index is 2.22. The molecule has 1 aliphatic rings. The molecule has 0 bridgehead atoms. The van der Waals surface area contributed by atoms with Crippen molar-refractivity contribution in [1.29, 1.82) is 0 Å². The minimum absolute atomic E-state index is 0.269. The van der Waals surface area contributed by atoms with Gasteiger partial charge in [-0.1, -0.05) is 20.8 Å². The number of hydrogen-bond donors (Lipinski definition) is 1. The molecule has 2 heterocycles. The molecule has 4 nitrogen and oxygen atoms in total. The molecule has 1 aliphatic heterocycles. The van der Waals surface area contributed by atoms with Crippen LogP contribution in [-0.2, 0) is 0 Å². The van der Waals surface area contributed by atoms with E-state index in [9.17, 15) is 9.90 Å². The molecule has 98 valence electrons. The number of aromatic nitrogens is 1. The summed E-state index contributed by atoms with van der Waals surface area (Å²) < 4.78 is 0. The summed E-state index contributed by atoms with van der Waals surface area (Å²) in [5.41, 5.74) is 1.36. The lowest BCUT2D eigenvalue weighted by atomic mass is 9.80. The van der Waals surface area contributed by atoms with Crippen LogP contribution in [-0.4, -0.2) is 29.1 Å². The Morgan fingerprint density at radius 1 is 1.50 bits per heavy atom. The summed E-state index contributed by atoms with van der Waals surface area (Å²) in [5, 5.41) is 9.19. The van der Waals surface area contributed by atoms with E-state index in [2.05, 4.69) is 30.7 Å². The van der Waals surface area contributed by atoms with Crippen molar-refractivity contribution in [3.63, 3.8) is 0 Å². The van der Waals surface area contributed by atoms with Crippen LogP contribution in [0.15, 0.2) is 18.5 Å². The number of pyridine rings is 1. The summed E-state index contributed by atoms with van der Waals surface area (Å²) in [6, 6.07) is 1.80. The molecular formula is C14H20N2O2. The lowest BCUT2D eigenvalue weighted by Crippen LogP contribution is -2.26. The average Bonchev–Trinajstić information content (AvgIpc) is 2.77. The molecule has 2 rings (SSSR count). The zero-order chi connectivity index (χ0) is 13.3. The van der Waals surface area contributed by atoms with E-state index in [1.165, 1.54) is 6.20 Å². The van der Waals surface area contributed by atoms with Gasteiger partial charge < -0.3 is 10.0 Å². The summed E-state index contributed by atoms with van der Waals surface area (Å²) in [6.45, 7) is 8.57. The summed E-state index contributed by atoms with van der Waals surface area (Å²) in [4.78, 5) is 17.3. The van der Waals surface area contributed by atoms with Crippen LogP contribution < -0.4 is 4.90 Å². The Kier molecular flexibility index (Phi) is 3.28. The van der Waals surface area contributed by atoms with Crippen molar-refractivity contribution in [3.8, 4) is 0 Å². The Morgan fingerprint density at radius 2 is 2.22 bits per heavy atom. The van der Waals surface area contributed by atoms with Gasteiger partial charge in [0.05, 0.1) is 5.69 Å². The quantitative estimate of drug-likeness (QED) is 0.874. The van der Waals surface area contributed by atoms with Crippen molar-refractivity contribution < 1.29 is 9.90 Å². The van der Waals surface area contributed by atoms with Crippen LogP contribution in [0.1, 0.15) is 37.6 Å². The van der Waals surface area contributed by atoms with Crippen molar-refractivity contribution in [2.75, 3.05) is 18.0 Å². The lowest BCUT2D eigenvalue weighted by Gasteiger charge is -2.27. The standard InChI is InChI=1S/C14H20N2O2/c1-14(2,3)10-5-7-16(9-10)12-4-6-15-8-11(12)13(17)18/h4,6,8,10H,5,7,9H2,1-3H3,(H,17,18). The van der Waals surface area contributed by atoms with E-state index in [-0.39, 0.29) is 5.41 Å². The van der Waals surface area contributed by atoms with E-state index >= 15 is 0 Å². The fourth-order valence-corrected chi connectivity index (χ4v) is 2.51. The Morgan fingerprint density at radius 3 is 2.78 bits per heavy atom. The molecule has 1 N–H and O–H groups in total. The van der Waals surface area contributed by atoms with Crippen molar-refractivity contribution in [1.82, 2.24) is 4.98 Å². The van der Waals surface area contributed by atoms with Gasteiger partial charge in [0, 0.05) is 25.5 Å². The lowest BCUT2D eigenvalue weighted by molar-refractivity contribution is 0.0697. The second-order valence-electron chi connectivity index (χ2n) is 6.00. The zero-order valence-electron chi connectivity index (χ0n) is 11.2. The number of nitrogens with zero attached hydrogens (tertiary/aromatic N) is 2. The van der Waals surface area contributed by atoms with Crippen LogP contribution in [0.2, 0.25) is 0 Å². The first-order valence-corrected chi connectivity index (χ1v) is 6.32. The first-order chi connectivity index (χ1) is 8.39. The van der Waals surface area contributed by atoms with Crippen molar-refractivity contribution >= 4 is 11.7 Å². The topological polar surface area (TPSA) is 53.4 Å². The highest BCUT2D eigenvalue weighted by molar-refractivity contribution is 5.94. The van der Waals surface area contributed by atoms with Gasteiger partial charge in [0.25, 0.3) is 0 Å². The molecule has 1 atom stereocenters. The summed E-state index contributed by atoms with van der Waals surface area (Å²) in [5.74, 6) is -0.301. The fraction of sp³-hybridized carbons (Fsp3) is 0.571. The Labute approximate surface area is 108 Å². The number of anilines is 1. The first kappa shape index (κ1) is 12.9. The molecule has 4 heteroatoms. The largest absolute Gasteiger partial charge is 0.478 e. The number of aromatic carboxylic acids is 1. The molecule has 0 aliphatic carbocycles. The monoisotopic (exact) mass is 248 g/mol. The van der Waals surface area contributed by atoms with Crippen LogP contribution in [0.25, 0.3) is 0 Å². The summed E-state index contributed by atoms with van der Waals surface area (Å²) >= 11 is 0. The van der Waals surface area contributed by atoms with Crippen molar-refractivity contribution in [3.05, 3.63) is 24.0 Å². The highest BCUT2D eigenvalue weighted by Crippen LogP contribution is 2.36. The first-order valence-electron chi connectivity index (χ1n) is 6.32. The second kappa shape index (κ2) is 4.59. The molecule has 1 fully saturated rings. The van der Waals surface area contributed by atoms with Gasteiger partial charge in [0.2, 0.25) is 0 Å². The molecule has 0 saturated carbocycles. The molecule has 18 heavy (non-hydrogen) atoms. The molecule has 1 aromatic rings. The van der Waals surface area contributed by atoms with Gasteiger partial charge in [0.1, 0.15) is 5.56 Å². The molecule has 0 amide bonds. The zero-order valence-corrected chi connectivity index (χ0v) is 11.2. The predicted octanol–water partition coefficient (Wildman–Crippen LogP) is 2.65. The average molecular weight is 248 g/mol. The van der Waals surface area contributed by atoms with Crippen LogP contribution >= 0.6 is 0 Å². The van der Waals surface area contributed by atoms with E-state index < -0.39 is 5.97 Å². The minimum atomic E-state index is -0.905. The van der Waals surface area contributed by atoms with Gasteiger partial charge in [-0.25, -0.2) is 4.79 Å². The van der Waals surface area contributed by atoms with Crippen LogP contribution in [0.4, 0.5) is 5.69 Å². The van der Waals surface area contributed by atoms with Gasteiger partial charge in [0.15, 0.2) is 0 Å². The van der Waals surface area contributed by atoms with E-state index in [0.717, 1.165) is 25.2 Å². The summed E-state index contributed by atoms with van der Waals surface area (Å²) in [7, 11) is 0. The van der Waals surface area contributed by atoms with Gasteiger partial charge >= 0.3 is 5.97 Å². The van der Waals surface area contributed by atoms with Gasteiger partial charge in [-0.15, -0.1) is 0 Å². The molecule has 1 saturated heterocycles. The third kappa shape index (κ3) is 2.47. The molecule has 0 radical (unpaired) electrons. The molecule has 0 aromatic carbocycles. The third-order valence-corrected chi connectivity index (χ3v) is 3.78. The smallest absolute Gasteiger partial charge is 0.339 e. The van der Waals surface area contributed by atoms with Gasteiger partial charge in [-0.05, 0) is 23.8 Å². The van der Waals surface area contributed by atoms with Crippen LogP contribution in [0, 0.1) is 11.3 Å². The number of carboxylic acids is 1. The normalized spacial score (nSPS) is 20.2. The Hall–Kier alpha value is -1.58. The van der Waals surface area contributed by atoms with Gasteiger partial charge in [-0.2, -0.15) is 0 Å². The van der Waals surface area contributed by atoms with E-state index in [0.29, 0.717) is 11.5 Å². The second-order valence-corrected chi connectivity index (χ2v) is 6.00. The SMILES string of the molecule is CC(C)(C)C1CCN(c2ccncc2C(=O)O)C1. The van der Waals surface area contributed by atoms with Crippen molar-refractivity contribution in [2.45, 2.75) is 27.2 Å². The molecule has 0 spiro atoms. The van der Waals surface area contributed by atoms with E-state index in [1.54, 1.807) is 12.3 Å². The predicted molar refractivity (Wildman–Crippen MR) is 71.0 cm³/mol. The van der Waals surface area contributed by atoms with E-state index in [4.69, 9.17) is 0 Å². The van der Waals surface area contributed by atoms with E-state index in [1.807, 2.05) is 0 Å². The maximum absolute atomic E-state index is 11.2. The van der Waals surface area contributed by atoms with Crippen LogP contribution in [0.3, 0.4) is 0 Å². The Bertz CT molecular complexity index is 451. The van der Waals surface area contributed by atoms with Crippen LogP contribution in [0.5, 0.6) is 0 Å². The third-order valence-electron chi connectivity index (χ3n) is 3.78. The van der Waals surface area contributed by atoms with Crippen molar-refractivity contribution in [2.24, 2.45) is 11.3 Å². The number of carbonyl (C=O) groups is 1. The minimum Gasteiger partial charge on any atom is -0.478 e. The number of hydrogen-bond acceptors (Lipinski definition) is 3. The maximum Gasteiger partial charge on any atom is 0.339 e. The maximum atomic E-state index is 11.2. The van der Waals surface area contributed by atoms with Gasteiger partial charge in [-0.3, -0.25) is 4.98 Å². The number of carboxylic acid groups (broad SMARTS) is 1. The fourth-order valence-electron chi connectivity index (χ4n) is 2.51. The number of rotatable bonds is 2. The molecule has 1 unspecified atom stereocenters. The molecular weight excluding hydrogens is 228 g/mol.